The number of carboxylic acid groups (broad SMARTS) is 1. The fraction of sp³-hybridized carbons (Fsp3) is 0.800. The molecular weight excluding hydrogens is 1080 g/mol. The van der Waals surface area contributed by atoms with Crippen LogP contribution in [-0.4, -0.2) is 261 Å². The summed E-state index contributed by atoms with van der Waals surface area (Å²) in [5, 5.41) is 28.2. The normalized spacial score (nSPS) is 19.4. The zero-order valence-corrected chi connectivity index (χ0v) is 48.5. The molecule has 0 saturated carbocycles. The number of primary amides is 1. The van der Waals surface area contributed by atoms with Gasteiger partial charge in [0.1, 0.15) is 12.3 Å². The average molecular weight is 1180 g/mol. The summed E-state index contributed by atoms with van der Waals surface area (Å²) < 4.78 is 77.1. The Balaban J connectivity index is 1.10. The predicted octanol–water partition coefficient (Wildman–Crippen LogP) is 0.278. The second-order valence-corrected chi connectivity index (χ2v) is 19.8. The molecule has 9 N–H and O–H groups in total. The number of nitrogens with two attached hydrogens (primary N) is 2. The molecule has 0 aromatic heterocycles. The number of unbranched alkanes of at least 4 members (excludes halogenated alkanes) is 1. The van der Waals surface area contributed by atoms with E-state index < -0.39 is 42.3 Å². The second-order valence-electron chi connectivity index (χ2n) is 19.8. The number of likely N-dealkylation sites (tertiary alicyclic amines) is 1. The third kappa shape index (κ3) is 34.5. The molecule has 82 heavy (non-hydrogen) atoms. The molecule has 0 bridgehead atoms. The Labute approximate surface area is 483 Å². The van der Waals surface area contributed by atoms with Crippen LogP contribution < -0.4 is 32.2 Å². The number of amides is 4. The third-order valence-electron chi connectivity index (χ3n) is 13.0. The first-order valence-corrected chi connectivity index (χ1v) is 28.7. The van der Waals surface area contributed by atoms with E-state index in [1.165, 1.54) is 0 Å². The Morgan fingerprint density at radius 2 is 1.15 bits per heavy atom. The Hall–Kier alpha value is -4.27. The number of carboxylic acids is 1. The molecule has 1 aromatic rings. The summed E-state index contributed by atoms with van der Waals surface area (Å²) in [6.45, 7) is 12.1. The molecule has 2 heterocycles. The topological polar surface area (TPSA) is 343 Å². The van der Waals surface area contributed by atoms with Crippen LogP contribution in [0.25, 0.3) is 0 Å². The number of hydrogen-bond donors (Lipinski definition) is 7. The minimum Gasteiger partial charge on any atom is -0.479 e. The van der Waals surface area contributed by atoms with Crippen molar-refractivity contribution >= 4 is 35.3 Å². The number of carbonyl (C=O) groups excluding carboxylic acids is 4. The molecule has 0 aliphatic carbocycles. The number of likely N-dealkylation sites (N-methyl/N-ethyl adjacent to an activating group) is 1. The van der Waals surface area contributed by atoms with Crippen LogP contribution in [0.2, 0.25) is 0 Å². The monoisotopic (exact) mass is 1180 g/mol. The van der Waals surface area contributed by atoms with Gasteiger partial charge in [0.2, 0.25) is 24.0 Å². The minimum atomic E-state index is -1.27. The Kier molecular flexibility index (Phi) is 40.4. The van der Waals surface area contributed by atoms with Gasteiger partial charge in [-0.1, -0.05) is 0 Å². The minimum absolute atomic E-state index is 0.00438. The highest BCUT2D eigenvalue weighted by molar-refractivity contribution is 5.93. The maximum Gasteiger partial charge on any atom is 0.333 e. The van der Waals surface area contributed by atoms with Crippen LogP contribution in [0, 0.1) is 0 Å². The second kappa shape index (κ2) is 46.1. The number of aliphatic carboxylic acids is 1. The number of carbonyl (C=O) groups is 5. The summed E-state index contributed by atoms with van der Waals surface area (Å²) in [5.74, 6) is -2.44. The van der Waals surface area contributed by atoms with Gasteiger partial charge in [0.15, 0.2) is 12.1 Å². The summed E-state index contributed by atoms with van der Waals surface area (Å²) in [7, 11) is 3.61. The summed E-state index contributed by atoms with van der Waals surface area (Å²) in [5.41, 5.74) is 13.0. The highest BCUT2D eigenvalue weighted by Crippen LogP contribution is 2.33. The lowest BCUT2D eigenvalue weighted by Gasteiger charge is -2.43. The van der Waals surface area contributed by atoms with Crippen molar-refractivity contribution in [3.63, 3.8) is 0 Å². The molecule has 27 nitrogen and oxygen atoms in total. The van der Waals surface area contributed by atoms with E-state index in [-0.39, 0.29) is 68.1 Å². The van der Waals surface area contributed by atoms with Gasteiger partial charge in [-0.25, -0.2) is 4.79 Å². The molecule has 27 heteroatoms. The van der Waals surface area contributed by atoms with Gasteiger partial charge >= 0.3 is 5.97 Å². The maximum absolute atomic E-state index is 13.2. The SMILES string of the molecule is COCCOCCOCCOCCOCCOCCOCCOCCOCCOCCOCCOCCC(=O)NCCCC[C@H](N)C(=O)NCCC(=O)Nc1cc(C[N+]2(C)CCCC[C@@H]2C(N)=O)ccc1O[C@H]1C[C@@H](O)C[C@@H](C(=O)O)O1. The number of aliphatic hydroxyl groups excluding tert-OH is 1. The van der Waals surface area contributed by atoms with Crippen LogP contribution in [0.1, 0.15) is 69.8 Å². The van der Waals surface area contributed by atoms with E-state index in [0.717, 1.165) is 24.9 Å². The molecule has 472 valence electrons. The van der Waals surface area contributed by atoms with E-state index in [1.54, 1.807) is 25.3 Å². The lowest BCUT2D eigenvalue weighted by Crippen LogP contribution is -2.59. The van der Waals surface area contributed by atoms with Crippen LogP contribution in [-0.2, 0) is 92.1 Å². The van der Waals surface area contributed by atoms with Crippen LogP contribution in [0.5, 0.6) is 5.75 Å². The van der Waals surface area contributed by atoms with Gasteiger partial charge in [-0.3, -0.25) is 19.2 Å². The van der Waals surface area contributed by atoms with Gasteiger partial charge in [0.25, 0.3) is 5.91 Å². The molecule has 2 aliphatic heterocycles. The summed E-state index contributed by atoms with van der Waals surface area (Å²) >= 11 is 0. The van der Waals surface area contributed by atoms with Crippen LogP contribution in [0.15, 0.2) is 18.2 Å². The first-order valence-electron chi connectivity index (χ1n) is 28.7. The smallest absolute Gasteiger partial charge is 0.333 e. The Bertz CT molecular complexity index is 1880. The lowest BCUT2D eigenvalue weighted by atomic mass is 9.97. The molecule has 3 rings (SSSR count). The fourth-order valence-corrected chi connectivity index (χ4v) is 8.63. The summed E-state index contributed by atoms with van der Waals surface area (Å²) in [6, 6.07) is 3.95. The van der Waals surface area contributed by atoms with Gasteiger partial charge in [-0.2, -0.15) is 0 Å². The van der Waals surface area contributed by atoms with E-state index in [9.17, 15) is 34.2 Å². The van der Waals surface area contributed by atoms with Crippen molar-refractivity contribution in [2.75, 3.05) is 191 Å². The van der Waals surface area contributed by atoms with Gasteiger partial charge in [0, 0.05) is 57.9 Å². The molecule has 0 spiro atoms. The molecule has 0 radical (unpaired) electrons. The number of anilines is 1. The van der Waals surface area contributed by atoms with Crippen LogP contribution in [0.3, 0.4) is 0 Å². The molecule has 2 fully saturated rings. The first kappa shape index (κ1) is 72.0. The number of hydrogen-bond acceptors (Lipinski definition) is 21. The standard InChI is InChI=1S/C55H96N6O21/c1-61(15-6-4-8-47(61)53(57)65)42-43-9-10-48(81-52-41-44(62)40-49(82-52)55(67)68)46(39-43)60-51(64)11-14-59-54(66)45(56)7-3-5-13-58-50(63)12-16-70-19-20-72-23-24-74-27-28-76-31-32-78-35-36-80-38-37-79-34-33-77-30-29-75-26-25-73-22-21-71-18-17-69-2/h9-10,39,44-45,47,49,52,62H,3-8,11-38,40-42,56H2,1-2H3,(H5-,57,58,59,60,63,64,65,66,67,68)/p+1/t44-,45-,47+,49-,52+,61?/m0/s1. The number of methoxy groups -OCH3 is 1. The number of ether oxygens (including phenoxy) is 14. The largest absolute Gasteiger partial charge is 0.479 e. The van der Waals surface area contributed by atoms with Crippen molar-refractivity contribution in [2.45, 2.75) is 101 Å². The van der Waals surface area contributed by atoms with Crippen molar-refractivity contribution < 1.29 is 105 Å². The summed E-state index contributed by atoms with van der Waals surface area (Å²) in [6.07, 6.45) is 0.735. The van der Waals surface area contributed by atoms with Crippen LogP contribution in [0.4, 0.5) is 5.69 Å². The quantitative estimate of drug-likeness (QED) is 0.0340. The molecule has 2 aliphatic rings. The fourth-order valence-electron chi connectivity index (χ4n) is 8.63. The Morgan fingerprint density at radius 3 is 1.63 bits per heavy atom. The third-order valence-corrected chi connectivity index (χ3v) is 13.0. The number of quaternary nitrogens is 1. The molecule has 2 saturated heterocycles. The van der Waals surface area contributed by atoms with Crippen LogP contribution >= 0.6 is 0 Å². The molecule has 6 atom stereocenters. The molecule has 4 amide bonds. The lowest BCUT2D eigenvalue weighted by molar-refractivity contribution is -0.941. The molecule has 1 unspecified atom stereocenters. The van der Waals surface area contributed by atoms with E-state index in [1.807, 2.05) is 7.05 Å². The first-order chi connectivity index (χ1) is 39.8. The van der Waals surface area contributed by atoms with Gasteiger partial charge in [-0.05, 0) is 50.3 Å². The zero-order chi connectivity index (χ0) is 59.3. The van der Waals surface area contributed by atoms with Gasteiger partial charge in [0.05, 0.1) is 183 Å². The van der Waals surface area contributed by atoms with Crippen molar-refractivity contribution in [1.29, 1.82) is 0 Å². The maximum atomic E-state index is 13.2. The van der Waals surface area contributed by atoms with E-state index in [4.69, 9.17) is 77.8 Å². The van der Waals surface area contributed by atoms with E-state index in [2.05, 4.69) is 16.0 Å². The molecule has 1 aromatic carbocycles. The number of rotatable bonds is 52. The van der Waals surface area contributed by atoms with Gasteiger partial charge < -0.3 is 108 Å². The number of piperidine rings is 1. The van der Waals surface area contributed by atoms with Crippen molar-refractivity contribution in [1.82, 2.24) is 10.6 Å². The van der Waals surface area contributed by atoms with E-state index >= 15 is 0 Å². The predicted molar refractivity (Wildman–Crippen MR) is 297 cm³/mol. The van der Waals surface area contributed by atoms with Crippen molar-refractivity contribution in [3.8, 4) is 5.75 Å². The number of aliphatic hydroxyl groups is 1. The Morgan fingerprint density at radius 1 is 0.646 bits per heavy atom. The zero-order valence-electron chi connectivity index (χ0n) is 48.5. The molecular formula is C55H97N6O21+. The van der Waals surface area contributed by atoms with Crippen molar-refractivity contribution in [3.05, 3.63) is 23.8 Å². The summed E-state index contributed by atoms with van der Waals surface area (Å²) in [4.78, 5) is 62.3. The van der Waals surface area contributed by atoms with Gasteiger partial charge in [-0.15, -0.1) is 0 Å². The van der Waals surface area contributed by atoms with E-state index in [0.29, 0.717) is 189 Å². The highest BCUT2D eigenvalue weighted by atomic mass is 16.7. The number of nitrogens with one attached hydrogen (secondary N) is 3. The van der Waals surface area contributed by atoms with Crippen molar-refractivity contribution in [2.24, 2.45) is 11.5 Å². The number of benzene rings is 1. The average Bonchev–Trinajstić information content (AvgIpc) is 3.39. The number of nitrogens with zero attached hydrogens (tertiary/aromatic N) is 1. The highest BCUT2D eigenvalue weighted by Gasteiger charge is 2.40.